The number of hydrogen-bond acceptors (Lipinski definition) is 4. The van der Waals surface area contributed by atoms with E-state index in [1.165, 1.54) is 24.3 Å². The Morgan fingerprint density at radius 1 is 1.21 bits per heavy atom. The van der Waals surface area contributed by atoms with Crippen LogP contribution in [0.2, 0.25) is 0 Å². The zero-order chi connectivity index (χ0) is 14.3. The van der Waals surface area contributed by atoms with Crippen LogP contribution in [0.25, 0.3) is 6.08 Å². The number of ether oxygens (including phenoxy) is 2. The summed E-state index contributed by atoms with van der Waals surface area (Å²) in [6.07, 6.45) is 2.66. The van der Waals surface area contributed by atoms with E-state index in [1.807, 2.05) is 0 Å². The average molecular weight is 266 g/mol. The highest BCUT2D eigenvalue weighted by molar-refractivity contribution is 5.91. The van der Waals surface area contributed by atoms with Gasteiger partial charge < -0.3 is 9.47 Å². The normalized spacial score (nSPS) is 10.5. The number of esters is 2. The van der Waals surface area contributed by atoms with Crippen molar-refractivity contribution in [2.24, 2.45) is 0 Å². The van der Waals surface area contributed by atoms with Crippen LogP contribution in [-0.2, 0) is 14.3 Å². The molecule has 0 aromatic heterocycles. The summed E-state index contributed by atoms with van der Waals surface area (Å²) in [5, 5.41) is 0. The molecule has 0 aliphatic rings. The Balaban J connectivity index is 2.90. The van der Waals surface area contributed by atoms with Crippen molar-refractivity contribution in [1.29, 1.82) is 0 Å². The summed E-state index contributed by atoms with van der Waals surface area (Å²) in [4.78, 5) is 22.6. The van der Waals surface area contributed by atoms with Gasteiger partial charge in [-0.05, 0) is 37.6 Å². The molecule has 102 valence electrons. The molecule has 0 heterocycles. The van der Waals surface area contributed by atoms with Gasteiger partial charge in [-0.25, -0.2) is 14.0 Å². The Labute approximate surface area is 110 Å². The van der Waals surface area contributed by atoms with E-state index in [2.05, 4.69) is 0 Å². The first kappa shape index (κ1) is 14.9. The SMILES string of the molecule is CCOC(=O)C=Cc1ccc(F)c(C(=O)OCC)c1. The minimum Gasteiger partial charge on any atom is -0.463 e. The summed E-state index contributed by atoms with van der Waals surface area (Å²) >= 11 is 0. The predicted octanol–water partition coefficient (Wildman–Crippen LogP) is 2.58. The second kappa shape index (κ2) is 7.31. The first-order chi connectivity index (χ1) is 9.08. The molecule has 5 heteroatoms. The molecule has 0 saturated heterocycles. The molecule has 19 heavy (non-hydrogen) atoms. The maximum Gasteiger partial charge on any atom is 0.341 e. The van der Waals surface area contributed by atoms with E-state index in [4.69, 9.17) is 9.47 Å². The summed E-state index contributed by atoms with van der Waals surface area (Å²) in [7, 11) is 0. The minimum absolute atomic E-state index is 0.159. The van der Waals surface area contributed by atoms with E-state index in [1.54, 1.807) is 13.8 Å². The lowest BCUT2D eigenvalue weighted by molar-refractivity contribution is -0.137. The Morgan fingerprint density at radius 3 is 2.53 bits per heavy atom. The number of rotatable bonds is 5. The van der Waals surface area contributed by atoms with Crippen molar-refractivity contribution >= 4 is 18.0 Å². The summed E-state index contributed by atoms with van der Waals surface area (Å²) < 4.78 is 22.9. The quantitative estimate of drug-likeness (QED) is 0.607. The largest absolute Gasteiger partial charge is 0.463 e. The van der Waals surface area contributed by atoms with Gasteiger partial charge in [-0.2, -0.15) is 0 Å². The first-order valence-electron chi connectivity index (χ1n) is 5.90. The van der Waals surface area contributed by atoms with Gasteiger partial charge in [0.2, 0.25) is 0 Å². The number of hydrogen-bond donors (Lipinski definition) is 0. The standard InChI is InChI=1S/C14H15FO4/c1-3-18-13(16)8-6-10-5-7-12(15)11(9-10)14(17)19-4-2/h5-9H,3-4H2,1-2H3. The van der Waals surface area contributed by atoms with Crippen molar-refractivity contribution in [2.45, 2.75) is 13.8 Å². The lowest BCUT2D eigenvalue weighted by Crippen LogP contribution is -2.07. The van der Waals surface area contributed by atoms with Crippen molar-refractivity contribution in [3.63, 3.8) is 0 Å². The molecule has 0 bridgehead atoms. The minimum atomic E-state index is -0.730. The summed E-state index contributed by atoms with van der Waals surface area (Å²) in [6.45, 7) is 3.78. The molecule has 0 fully saturated rings. The second-order valence-corrected chi connectivity index (χ2v) is 3.55. The van der Waals surface area contributed by atoms with E-state index < -0.39 is 17.8 Å². The molecule has 1 rings (SSSR count). The molecular formula is C14H15FO4. The zero-order valence-electron chi connectivity index (χ0n) is 10.8. The Morgan fingerprint density at radius 2 is 1.89 bits per heavy atom. The van der Waals surface area contributed by atoms with E-state index in [-0.39, 0.29) is 18.8 Å². The first-order valence-corrected chi connectivity index (χ1v) is 5.90. The van der Waals surface area contributed by atoms with Crippen molar-refractivity contribution in [1.82, 2.24) is 0 Å². The van der Waals surface area contributed by atoms with Gasteiger partial charge in [-0.1, -0.05) is 6.07 Å². The lowest BCUT2D eigenvalue weighted by Gasteiger charge is -2.04. The molecular weight excluding hydrogens is 251 g/mol. The van der Waals surface area contributed by atoms with Crippen LogP contribution in [0.15, 0.2) is 24.3 Å². The third-order valence-electron chi connectivity index (χ3n) is 2.18. The van der Waals surface area contributed by atoms with Crippen LogP contribution in [0.1, 0.15) is 29.8 Å². The fourth-order valence-electron chi connectivity index (χ4n) is 1.37. The van der Waals surface area contributed by atoms with Crippen LogP contribution in [0.5, 0.6) is 0 Å². The molecule has 1 aromatic rings. The second-order valence-electron chi connectivity index (χ2n) is 3.55. The molecule has 4 nitrogen and oxygen atoms in total. The Hall–Kier alpha value is -2.17. The lowest BCUT2D eigenvalue weighted by atomic mass is 10.1. The third-order valence-corrected chi connectivity index (χ3v) is 2.18. The smallest absolute Gasteiger partial charge is 0.341 e. The van der Waals surface area contributed by atoms with Crippen molar-refractivity contribution in [2.75, 3.05) is 13.2 Å². The highest BCUT2D eigenvalue weighted by atomic mass is 19.1. The third kappa shape index (κ3) is 4.54. The van der Waals surface area contributed by atoms with Gasteiger partial charge in [0.1, 0.15) is 5.82 Å². The van der Waals surface area contributed by atoms with E-state index in [9.17, 15) is 14.0 Å². The van der Waals surface area contributed by atoms with Crippen LogP contribution >= 0.6 is 0 Å². The zero-order valence-corrected chi connectivity index (χ0v) is 10.8. The highest BCUT2D eigenvalue weighted by Gasteiger charge is 2.12. The molecule has 0 saturated carbocycles. The molecule has 1 aromatic carbocycles. The molecule has 0 radical (unpaired) electrons. The average Bonchev–Trinajstić information content (AvgIpc) is 2.38. The summed E-state index contributed by atoms with van der Waals surface area (Å²) in [6, 6.07) is 3.92. The van der Waals surface area contributed by atoms with Crippen molar-refractivity contribution in [3.8, 4) is 0 Å². The van der Waals surface area contributed by atoms with Gasteiger partial charge in [-0.3, -0.25) is 0 Å². The van der Waals surface area contributed by atoms with Crippen LogP contribution in [0.4, 0.5) is 4.39 Å². The van der Waals surface area contributed by atoms with E-state index >= 15 is 0 Å². The fourth-order valence-corrected chi connectivity index (χ4v) is 1.37. The van der Waals surface area contributed by atoms with Gasteiger partial charge >= 0.3 is 11.9 Å². The molecule has 0 amide bonds. The predicted molar refractivity (Wildman–Crippen MR) is 68.0 cm³/mol. The Bertz CT molecular complexity index is 494. The summed E-state index contributed by atoms with van der Waals surface area (Å²) in [5.74, 6) is -1.89. The maximum atomic E-state index is 13.4. The van der Waals surface area contributed by atoms with Crippen LogP contribution in [0, 0.1) is 5.82 Å². The topological polar surface area (TPSA) is 52.6 Å². The van der Waals surface area contributed by atoms with Crippen molar-refractivity contribution in [3.05, 3.63) is 41.2 Å². The number of benzene rings is 1. The van der Waals surface area contributed by atoms with Gasteiger partial charge in [-0.15, -0.1) is 0 Å². The van der Waals surface area contributed by atoms with Crippen LogP contribution in [0.3, 0.4) is 0 Å². The van der Waals surface area contributed by atoms with Crippen molar-refractivity contribution < 1.29 is 23.5 Å². The highest BCUT2D eigenvalue weighted by Crippen LogP contribution is 2.13. The fraction of sp³-hybridized carbons (Fsp3) is 0.286. The number of carbonyl (C=O) groups excluding carboxylic acids is 2. The van der Waals surface area contributed by atoms with E-state index in [0.29, 0.717) is 5.56 Å². The van der Waals surface area contributed by atoms with Gasteiger partial charge in [0.05, 0.1) is 18.8 Å². The van der Waals surface area contributed by atoms with Gasteiger partial charge in [0, 0.05) is 6.08 Å². The molecule has 0 unspecified atom stereocenters. The van der Waals surface area contributed by atoms with Gasteiger partial charge in [0.15, 0.2) is 0 Å². The monoisotopic (exact) mass is 266 g/mol. The molecule has 0 N–H and O–H groups in total. The van der Waals surface area contributed by atoms with Gasteiger partial charge in [0.25, 0.3) is 0 Å². The molecule has 0 atom stereocenters. The Kier molecular flexibility index (Phi) is 5.73. The summed E-state index contributed by atoms with van der Waals surface area (Å²) in [5.41, 5.74) is 0.352. The van der Waals surface area contributed by atoms with Crippen LogP contribution < -0.4 is 0 Å². The number of carbonyl (C=O) groups is 2. The maximum absolute atomic E-state index is 13.4. The molecule has 0 spiro atoms. The van der Waals surface area contributed by atoms with Crippen LogP contribution in [-0.4, -0.2) is 25.2 Å². The van der Waals surface area contributed by atoms with E-state index in [0.717, 1.165) is 6.07 Å². The molecule has 0 aliphatic carbocycles. The molecule has 0 aliphatic heterocycles. The number of halogens is 1.